The molecule has 0 unspecified atom stereocenters. The van der Waals surface area contributed by atoms with Gasteiger partial charge in [-0.3, -0.25) is 4.79 Å². The van der Waals surface area contributed by atoms with Crippen molar-refractivity contribution in [2.24, 2.45) is 0 Å². The van der Waals surface area contributed by atoms with Gasteiger partial charge in [-0.1, -0.05) is 32.0 Å². The molecule has 0 saturated carbocycles. The van der Waals surface area contributed by atoms with Gasteiger partial charge in [-0.2, -0.15) is 0 Å². The van der Waals surface area contributed by atoms with Crippen LogP contribution in [0.15, 0.2) is 42.5 Å². The molecule has 1 amide bonds. The molecule has 2 aromatic carbocycles. The van der Waals surface area contributed by atoms with E-state index in [1.54, 1.807) is 18.2 Å². The summed E-state index contributed by atoms with van der Waals surface area (Å²) in [5.41, 5.74) is 2.92. The average molecular weight is 341 g/mol. The average Bonchev–Trinajstić information content (AvgIpc) is 2.61. The second-order valence-electron chi connectivity index (χ2n) is 6.05. The van der Waals surface area contributed by atoms with Crippen LogP contribution in [0.1, 0.15) is 41.3 Å². The van der Waals surface area contributed by atoms with Crippen molar-refractivity contribution >= 4 is 17.6 Å². The number of aryl methyl sites for hydroxylation is 1. The first kappa shape index (κ1) is 18.5. The van der Waals surface area contributed by atoms with E-state index in [1.165, 1.54) is 7.11 Å². The van der Waals surface area contributed by atoms with Gasteiger partial charge in [0.15, 0.2) is 6.61 Å². The molecule has 0 bridgehead atoms. The van der Waals surface area contributed by atoms with Gasteiger partial charge in [0.2, 0.25) is 0 Å². The summed E-state index contributed by atoms with van der Waals surface area (Å²) in [7, 11) is 1.33. The van der Waals surface area contributed by atoms with Gasteiger partial charge in [0.25, 0.3) is 5.91 Å². The second-order valence-corrected chi connectivity index (χ2v) is 6.05. The standard InChI is InChI=1S/C20H23NO4/c1-13(2)16-7-5-6-8-18(16)25-12-19(22)21-17-10-9-15(11-14(17)3)20(23)24-4/h5-11,13H,12H2,1-4H3,(H,21,22). The molecule has 2 aromatic rings. The molecule has 25 heavy (non-hydrogen) atoms. The molecule has 5 nitrogen and oxygen atoms in total. The molecule has 5 heteroatoms. The Morgan fingerprint density at radius 2 is 1.84 bits per heavy atom. The first-order valence-corrected chi connectivity index (χ1v) is 8.13. The zero-order valence-electron chi connectivity index (χ0n) is 15.0. The van der Waals surface area contributed by atoms with E-state index in [-0.39, 0.29) is 12.5 Å². The highest BCUT2D eigenvalue weighted by Crippen LogP contribution is 2.25. The molecule has 132 valence electrons. The monoisotopic (exact) mass is 341 g/mol. The van der Waals surface area contributed by atoms with E-state index in [2.05, 4.69) is 23.9 Å². The maximum atomic E-state index is 12.2. The van der Waals surface area contributed by atoms with Gasteiger partial charge in [0, 0.05) is 5.69 Å². The molecule has 0 heterocycles. The van der Waals surface area contributed by atoms with Crippen LogP contribution in [0.2, 0.25) is 0 Å². The molecule has 0 radical (unpaired) electrons. The van der Waals surface area contributed by atoms with Crippen molar-refractivity contribution in [1.29, 1.82) is 0 Å². The summed E-state index contributed by atoms with van der Waals surface area (Å²) in [5.74, 6) is 0.361. The van der Waals surface area contributed by atoms with Crippen LogP contribution in [0.25, 0.3) is 0 Å². The van der Waals surface area contributed by atoms with Crippen molar-refractivity contribution in [3.8, 4) is 5.75 Å². The Hall–Kier alpha value is -2.82. The maximum absolute atomic E-state index is 12.2. The van der Waals surface area contributed by atoms with E-state index in [9.17, 15) is 9.59 Å². The summed E-state index contributed by atoms with van der Waals surface area (Å²) in [6.45, 7) is 5.89. The fraction of sp³-hybridized carbons (Fsp3) is 0.300. The number of carbonyl (C=O) groups excluding carboxylic acids is 2. The molecule has 0 aliphatic rings. The lowest BCUT2D eigenvalue weighted by Gasteiger charge is -2.14. The number of rotatable bonds is 6. The second kappa shape index (κ2) is 8.33. The number of esters is 1. The van der Waals surface area contributed by atoms with Crippen molar-refractivity contribution in [2.75, 3.05) is 19.0 Å². The molecule has 0 saturated heterocycles. The third-order valence-electron chi connectivity index (χ3n) is 3.82. The van der Waals surface area contributed by atoms with Crippen LogP contribution in [0.5, 0.6) is 5.75 Å². The number of carbonyl (C=O) groups is 2. The molecule has 2 rings (SSSR count). The summed E-state index contributed by atoms with van der Waals surface area (Å²) in [6, 6.07) is 12.7. The molecular weight excluding hydrogens is 318 g/mol. The zero-order valence-corrected chi connectivity index (χ0v) is 15.0. The van der Waals surface area contributed by atoms with Gasteiger partial charge < -0.3 is 14.8 Å². The van der Waals surface area contributed by atoms with E-state index >= 15 is 0 Å². The van der Waals surface area contributed by atoms with Crippen molar-refractivity contribution in [2.45, 2.75) is 26.7 Å². The van der Waals surface area contributed by atoms with Crippen molar-refractivity contribution in [1.82, 2.24) is 0 Å². The van der Waals surface area contributed by atoms with Crippen LogP contribution >= 0.6 is 0 Å². The molecule has 0 aliphatic heterocycles. The van der Waals surface area contributed by atoms with Crippen LogP contribution in [-0.4, -0.2) is 25.6 Å². The third kappa shape index (κ3) is 4.83. The maximum Gasteiger partial charge on any atom is 0.337 e. The number of nitrogens with one attached hydrogen (secondary N) is 1. The van der Waals surface area contributed by atoms with Gasteiger partial charge in [-0.15, -0.1) is 0 Å². The Labute approximate surface area is 148 Å². The lowest BCUT2D eigenvalue weighted by atomic mass is 10.0. The minimum atomic E-state index is -0.408. The van der Waals surface area contributed by atoms with Gasteiger partial charge >= 0.3 is 5.97 Å². The fourth-order valence-corrected chi connectivity index (χ4v) is 2.47. The fourth-order valence-electron chi connectivity index (χ4n) is 2.47. The summed E-state index contributed by atoms with van der Waals surface area (Å²) in [5, 5.41) is 2.80. The Bertz CT molecular complexity index is 768. The Kier molecular flexibility index (Phi) is 6.17. The number of amides is 1. The lowest BCUT2D eigenvalue weighted by molar-refractivity contribution is -0.118. The molecule has 0 atom stereocenters. The predicted molar refractivity (Wildman–Crippen MR) is 97.2 cm³/mol. The number of anilines is 1. The lowest BCUT2D eigenvalue weighted by Crippen LogP contribution is -2.21. The third-order valence-corrected chi connectivity index (χ3v) is 3.82. The summed E-state index contributed by atoms with van der Waals surface area (Å²) < 4.78 is 10.3. The molecule has 0 fully saturated rings. The highest BCUT2D eigenvalue weighted by Gasteiger charge is 2.12. The van der Waals surface area contributed by atoms with Crippen molar-refractivity contribution < 1.29 is 19.1 Å². The number of hydrogen-bond donors (Lipinski definition) is 1. The highest BCUT2D eigenvalue weighted by atomic mass is 16.5. The topological polar surface area (TPSA) is 64.6 Å². The summed E-state index contributed by atoms with van der Waals surface area (Å²) >= 11 is 0. The van der Waals surface area contributed by atoms with E-state index in [1.807, 2.05) is 31.2 Å². The van der Waals surface area contributed by atoms with Crippen LogP contribution in [0, 0.1) is 6.92 Å². The minimum absolute atomic E-state index is 0.0814. The Morgan fingerprint density at radius 3 is 2.48 bits per heavy atom. The molecular formula is C20H23NO4. The van der Waals surface area contributed by atoms with Gasteiger partial charge in [0.1, 0.15) is 5.75 Å². The summed E-state index contributed by atoms with van der Waals surface area (Å²) in [4.78, 5) is 23.7. The quantitative estimate of drug-likeness (QED) is 0.809. The van der Waals surface area contributed by atoms with E-state index in [4.69, 9.17) is 4.74 Å². The van der Waals surface area contributed by atoms with Crippen molar-refractivity contribution in [3.05, 3.63) is 59.2 Å². The first-order valence-electron chi connectivity index (χ1n) is 8.13. The molecule has 1 N–H and O–H groups in total. The number of ether oxygens (including phenoxy) is 2. The Morgan fingerprint density at radius 1 is 1.12 bits per heavy atom. The largest absolute Gasteiger partial charge is 0.483 e. The smallest absolute Gasteiger partial charge is 0.337 e. The molecule has 0 aliphatic carbocycles. The number of benzene rings is 2. The van der Waals surface area contributed by atoms with Crippen LogP contribution in [-0.2, 0) is 9.53 Å². The molecule has 0 aromatic heterocycles. The van der Waals surface area contributed by atoms with Crippen LogP contribution in [0.4, 0.5) is 5.69 Å². The van der Waals surface area contributed by atoms with E-state index in [0.717, 1.165) is 11.1 Å². The normalized spacial score (nSPS) is 10.4. The van der Waals surface area contributed by atoms with Gasteiger partial charge in [-0.05, 0) is 48.2 Å². The van der Waals surface area contributed by atoms with Gasteiger partial charge in [0.05, 0.1) is 12.7 Å². The van der Waals surface area contributed by atoms with Gasteiger partial charge in [-0.25, -0.2) is 4.79 Å². The number of hydrogen-bond acceptors (Lipinski definition) is 4. The first-order chi connectivity index (χ1) is 11.9. The zero-order chi connectivity index (χ0) is 18.4. The van der Waals surface area contributed by atoms with Crippen LogP contribution in [0.3, 0.4) is 0 Å². The van der Waals surface area contributed by atoms with E-state index in [0.29, 0.717) is 22.9 Å². The van der Waals surface area contributed by atoms with Crippen LogP contribution < -0.4 is 10.1 Å². The molecule has 0 spiro atoms. The minimum Gasteiger partial charge on any atom is -0.483 e. The van der Waals surface area contributed by atoms with E-state index < -0.39 is 5.97 Å². The Balaban J connectivity index is 2.00. The highest BCUT2D eigenvalue weighted by molar-refractivity contribution is 5.94. The summed E-state index contributed by atoms with van der Waals surface area (Å²) in [6.07, 6.45) is 0. The predicted octanol–water partition coefficient (Wildman–Crippen LogP) is 3.92. The van der Waals surface area contributed by atoms with Crippen molar-refractivity contribution in [3.63, 3.8) is 0 Å². The number of methoxy groups -OCH3 is 1. The number of para-hydroxylation sites is 1. The SMILES string of the molecule is COC(=O)c1ccc(NC(=O)COc2ccccc2C(C)C)c(C)c1.